The maximum atomic E-state index is 13.5. The van der Waals surface area contributed by atoms with Gasteiger partial charge in [0.2, 0.25) is 0 Å². The van der Waals surface area contributed by atoms with Crippen molar-refractivity contribution in [3.8, 4) is 28.1 Å². The van der Waals surface area contributed by atoms with Crippen LogP contribution in [0.25, 0.3) is 33.3 Å². The van der Waals surface area contributed by atoms with Gasteiger partial charge in [0.05, 0.1) is 35.0 Å². The maximum absolute atomic E-state index is 13.5. The number of fused-ring (bicyclic) bond motifs is 2. The van der Waals surface area contributed by atoms with E-state index in [9.17, 15) is 21.6 Å². The molecule has 3 aromatic heterocycles. The van der Waals surface area contributed by atoms with Gasteiger partial charge in [0, 0.05) is 43.0 Å². The predicted octanol–water partition coefficient (Wildman–Crippen LogP) is 4.43. The highest BCUT2D eigenvalue weighted by Crippen LogP contribution is 2.41. The van der Waals surface area contributed by atoms with Crippen molar-refractivity contribution in [1.29, 1.82) is 0 Å². The van der Waals surface area contributed by atoms with Gasteiger partial charge in [-0.05, 0) is 36.8 Å². The molecule has 0 unspecified atom stereocenters. The molecule has 224 valence electrons. The van der Waals surface area contributed by atoms with E-state index in [2.05, 4.69) is 15.4 Å². The second-order valence-electron chi connectivity index (χ2n) is 10.1. The number of alkyl halides is 2. The van der Waals surface area contributed by atoms with Gasteiger partial charge >= 0.3 is 5.76 Å². The molecule has 6 rings (SSSR count). The van der Waals surface area contributed by atoms with Crippen molar-refractivity contribution in [2.75, 3.05) is 17.0 Å². The Morgan fingerprint density at radius 1 is 1.12 bits per heavy atom. The number of benzene rings is 2. The lowest BCUT2D eigenvalue weighted by molar-refractivity contribution is 0.228. The van der Waals surface area contributed by atoms with Crippen LogP contribution in [0.15, 0.2) is 54.9 Å². The van der Waals surface area contributed by atoms with E-state index in [1.165, 1.54) is 42.5 Å². The van der Waals surface area contributed by atoms with Gasteiger partial charge < -0.3 is 15.8 Å². The number of nitrogen functional groups attached to an aromatic ring is 1. The molecule has 0 fully saturated rings. The number of hydrogen-bond acceptors (Lipinski definition) is 8. The number of pyridine rings is 1. The lowest BCUT2D eigenvalue weighted by Gasteiger charge is -2.19. The first kappa shape index (κ1) is 28.5. The van der Waals surface area contributed by atoms with Crippen molar-refractivity contribution in [1.82, 2.24) is 29.9 Å². The molecule has 1 aliphatic heterocycles. The van der Waals surface area contributed by atoms with Crippen LogP contribution in [0.1, 0.15) is 24.3 Å². The second-order valence-corrected chi connectivity index (χ2v) is 11.7. The minimum absolute atomic E-state index is 0.0446. The molecule has 0 saturated heterocycles. The first-order valence-corrected chi connectivity index (χ1v) is 14.8. The standard InChI is InChI=1S/C28H27F3N8O3S/c1-15(16-3-6-18(29)7-4-16)42-23-11-17(5-8-21(23)37-43(40,41)28(30)31)25-24-26(38(2)36-25)20(12-34-27(24)32)19-13-35-39-10-9-33-14-22(19)39/h3-8,11-13,15,28,33,37H,9-10,14H2,1-2H3,(H2,32,34)/t15-/m0/s1. The van der Waals surface area contributed by atoms with E-state index in [1.54, 1.807) is 31.0 Å². The van der Waals surface area contributed by atoms with Crippen LogP contribution in [0.3, 0.4) is 0 Å². The summed E-state index contributed by atoms with van der Waals surface area (Å²) in [5.41, 5.74) is 11.0. The van der Waals surface area contributed by atoms with Crippen molar-refractivity contribution in [3.05, 3.63) is 71.9 Å². The van der Waals surface area contributed by atoms with Crippen LogP contribution in [0.5, 0.6) is 5.75 Å². The van der Waals surface area contributed by atoms with Crippen molar-refractivity contribution in [3.63, 3.8) is 0 Å². The zero-order chi connectivity index (χ0) is 30.5. The monoisotopic (exact) mass is 612 g/mol. The van der Waals surface area contributed by atoms with E-state index in [1.807, 2.05) is 9.40 Å². The highest BCUT2D eigenvalue weighted by atomic mass is 32.2. The van der Waals surface area contributed by atoms with Gasteiger partial charge in [0.25, 0.3) is 10.0 Å². The lowest BCUT2D eigenvalue weighted by Crippen LogP contribution is -2.28. The third-order valence-corrected chi connectivity index (χ3v) is 8.28. The van der Waals surface area contributed by atoms with Crippen LogP contribution in [-0.2, 0) is 30.2 Å². The Bertz CT molecular complexity index is 1940. The van der Waals surface area contributed by atoms with Gasteiger partial charge in [0.15, 0.2) is 0 Å². The number of nitrogens with two attached hydrogens (primary N) is 1. The minimum Gasteiger partial charge on any atom is -0.484 e. The van der Waals surface area contributed by atoms with E-state index in [0.29, 0.717) is 34.3 Å². The normalized spacial score (nSPS) is 14.2. The number of halogens is 3. The Labute approximate surface area is 244 Å². The van der Waals surface area contributed by atoms with Crippen LogP contribution in [-0.4, -0.2) is 45.3 Å². The Morgan fingerprint density at radius 2 is 1.88 bits per heavy atom. The quantitative estimate of drug-likeness (QED) is 0.234. The Kier molecular flexibility index (Phi) is 7.22. The number of nitrogens with one attached hydrogen (secondary N) is 2. The first-order valence-electron chi connectivity index (χ1n) is 13.3. The molecule has 4 heterocycles. The van der Waals surface area contributed by atoms with Gasteiger partial charge in [-0.2, -0.15) is 19.0 Å². The second kappa shape index (κ2) is 10.9. The zero-order valence-electron chi connectivity index (χ0n) is 23.1. The number of sulfonamides is 1. The molecule has 1 aliphatic rings. The van der Waals surface area contributed by atoms with Crippen molar-refractivity contribution in [2.24, 2.45) is 7.05 Å². The molecule has 15 heteroatoms. The highest BCUT2D eigenvalue weighted by molar-refractivity contribution is 7.93. The molecule has 0 aliphatic carbocycles. The van der Waals surface area contributed by atoms with Gasteiger partial charge in [-0.15, -0.1) is 0 Å². The van der Waals surface area contributed by atoms with E-state index in [4.69, 9.17) is 15.6 Å². The smallest absolute Gasteiger partial charge is 0.355 e. The van der Waals surface area contributed by atoms with E-state index in [-0.39, 0.29) is 17.3 Å². The molecule has 0 spiro atoms. The average Bonchev–Trinajstić information content (AvgIpc) is 3.56. The summed E-state index contributed by atoms with van der Waals surface area (Å²) in [5.74, 6) is -3.94. The first-order chi connectivity index (χ1) is 20.5. The molecular weight excluding hydrogens is 585 g/mol. The predicted molar refractivity (Wildman–Crippen MR) is 155 cm³/mol. The van der Waals surface area contributed by atoms with Crippen molar-refractivity contribution >= 4 is 32.4 Å². The van der Waals surface area contributed by atoms with Crippen LogP contribution in [0, 0.1) is 5.82 Å². The fraction of sp³-hybridized carbons (Fsp3) is 0.250. The third kappa shape index (κ3) is 5.25. The summed E-state index contributed by atoms with van der Waals surface area (Å²) in [5, 5.41) is 13.1. The summed E-state index contributed by atoms with van der Waals surface area (Å²) in [6.07, 6.45) is 2.76. The van der Waals surface area contributed by atoms with Gasteiger partial charge in [-0.3, -0.25) is 14.1 Å². The molecule has 0 bridgehead atoms. The van der Waals surface area contributed by atoms with Gasteiger partial charge in [-0.25, -0.2) is 17.8 Å². The number of hydrogen-bond donors (Lipinski definition) is 3. The fourth-order valence-electron chi connectivity index (χ4n) is 5.18. The number of anilines is 2. The molecule has 5 aromatic rings. The van der Waals surface area contributed by atoms with E-state index >= 15 is 0 Å². The number of aryl methyl sites for hydroxylation is 1. The molecular formula is C28H27F3N8O3S. The van der Waals surface area contributed by atoms with Crippen LogP contribution < -0.4 is 20.5 Å². The van der Waals surface area contributed by atoms with Crippen LogP contribution in [0.4, 0.5) is 24.7 Å². The fourth-order valence-corrected chi connectivity index (χ4v) is 5.75. The molecule has 1 atom stereocenters. The molecule has 4 N–H and O–H groups in total. The zero-order valence-corrected chi connectivity index (χ0v) is 23.9. The van der Waals surface area contributed by atoms with Crippen molar-refractivity contribution in [2.45, 2.75) is 31.9 Å². The molecule has 0 saturated carbocycles. The molecule has 43 heavy (non-hydrogen) atoms. The summed E-state index contributed by atoms with van der Waals surface area (Å²) >= 11 is 0. The SMILES string of the molecule is C[C@H](Oc1cc(-c2nn(C)c3c(-c4cnn5c4CNCC5)cnc(N)c23)ccc1NS(=O)(=O)C(F)F)c1ccc(F)cc1. The largest absolute Gasteiger partial charge is 0.484 e. The summed E-state index contributed by atoms with van der Waals surface area (Å²) in [4.78, 5) is 4.44. The van der Waals surface area contributed by atoms with Crippen LogP contribution in [0.2, 0.25) is 0 Å². The van der Waals surface area contributed by atoms with Crippen LogP contribution >= 0.6 is 0 Å². The average molecular weight is 613 g/mol. The molecule has 11 nitrogen and oxygen atoms in total. The lowest BCUT2D eigenvalue weighted by atomic mass is 10.0. The number of nitrogens with zero attached hydrogens (tertiary/aromatic N) is 5. The van der Waals surface area contributed by atoms with E-state index in [0.717, 1.165) is 29.9 Å². The number of ether oxygens (including phenoxy) is 1. The van der Waals surface area contributed by atoms with Gasteiger partial charge in [-0.1, -0.05) is 18.2 Å². The van der Waals surface area contributed by atoms with Crippen molar-refractivity contribution < 1.29 is 26.3 Å². The third-order valence-electron chi connectivity index (χ3n) is 7.31. The Hall–Kier alpha value is -4.63. The number of aromatic nitrogens is 5. The summed E-state index contributed by atoms with van der Waals surface area (Å²) in [6, 6.07) is 9.87. The number of rotatable bonds is 8. The highest BCUT2D eigenvalue weighted by Gasteiger charge is 2.27. The molecule has 0 amide bonds. The van der Waals surface area contributed by atoms with Gasteiger partial charge in [0.1, 0.15) is 29.2 Å². The summed E-state index contributed by atoms with van der Waals surface area (Å²) < 4.78 is 75.7. The molecule has 2 aromatic carbocycles. The Balaban J connectivity index is 1.47. The Morgan fingerprint density at radius 3 is 2.63 bits per heavy atom. The molecule has 0 radical (unpaired) electrons. The van der Waals surface area contributed by atoms with E-state index < -0.39 is 27.7 Å². The topological polar surface area (TPSA) is 142 Å². The summed E-state index contributed by atoms with van der Waals surface area (Å²) in [7, 11) is -3.24. The summed E-state index contributed by atoms with van der Waals surface area (Å²) in [6.45, 7) is 3.84. The minimum atomic E-state index is -5.01. The maximum Gasteiger partial charge on any atom is 0.355 e.